The van der Waals surface area contributed by atoms with E-state index < -0.39 is 5.91 Å². The van der Waals surface area contributed by atoms with Crippen LogP contribution < -0.4 is 11.1 Å². The largest absolute Gasteiger partial charge is 0.370 e. The standard InChI is InChI=1S/C18H22FN3O3/c19-15-7-3-1-5-12(15)11-25-13-9-22(10-13)18(24)21-16-8-4-2-6-14(16)17(20)23/h1-5,7,13-14,16H,6,8-11H2,(H2,20,23)(H,21,24)/t14-,16-/m1/s1. The van der Waals surface area contributed by atoms with E-state index in [4.69, 9.17) is 10.5 Å². The van der Waals surface area contributed by atoms with Crippen molar-refractivity contribution in [2.24, 2.45) is 11.7 Å². The molecule has 0 aromatic heterocycles. The number of hydrogen-bond donors (Lipinski definition) is 2. The average Bonchev–Trinajstić information content (AvgIpc) is 2.55. The zero-order valence-electron chi connectivity index (χ0n) is 13.9. The van der Waals surface area contributed by atoms with Gasteiger partial charge < -0.3 is 20.7 Å². The van der Waals surface area contributed by atoms with Gasteiger partial charge in [-0.2, -0.15) is 0 Å². The molecule has 7 heteroatoms. The molecule has 1 heterocycles. The number of carbonyl (C=O) groups excluding carboxylic acids is 2. The maximum atomic E-state index is 13.5. The Kier molecular flexibility index (Phi) is 5.33. The van der Waals surface area contributed by atoms with Gasteiger partial charge in [-0.05, 0) is 18.9 Å². The van der Waals surface area contributed by atoms with Crippen LogP contribution >= 0.6 is 0 Å². The van der Waals surface area contributed by atoms with E-state index in [1.165, 1.54) is 6.07 Å². The zero-order valence-corrected chi connectivity index (χ0v) is 13.9. The first-order chi connectivity index (χ1) is 12.0. The lowest BCUT2D eigenvalue weighted by atomic mass is 9.88. The minimum absolute atomic E-state index is 0.108. The molecule has 3 rings (SSSR count). The van der Waals surface area contributed by atoms with Crippen molar-refractivity contribution >= 4 is 11.9 Å². The van der Waals surface area contributed by atoms with E-state index in [9.17, 15) is 14.0 Å². The van der Waals surface area contributed by atoms with Crippen molar-refractivity contribution in [1.82, 2.24) is 10.2 Å². The molecule has 1 aliphatic heterocycles. The molecule has 3 amide bonds. The van der Waals surface area contributed by atoms with Crippen molar-refractivity contribution < 1.29 is 18.7 Å². The topological polar surface area (TPSA) is 84.7 Å². The summed E-state index contributed by atoms with van der Waals surface area (Å²) >= 11 is 0. The molecule has 3 N–H and O–H groups in total. The van der Waals surface area contributed by atoms with E-state index in [1.807, 2.05) is 12.2 Å². The number of carbonyl (C=O) groups is 2. The van der Waals surface area contributed by atoms with Crippen LogP contribution in [-0.4, -0.2) is 42.1 Å². The van der Waals surface area contributed by atoms with Crippen LogP contribution in [0.3, 0.4) is 0 Å². The summed E-state index contributed by atoms with van der Waals surface area (Å²) < 4.78 is 19.2. The van der Waals surface area contributed by atoms with Gasteiger partial charge in [0.15, 0.2) is 0 Å². The molecule has 0 saturated carbocycles. The first-order valence-corrected chi connectivity index (χ1v) is 8.39. The van der Waals surface area contributed by atoms with E-state index >= 15 is 0 Å². The summed E-state index contributed by atoms with van der Waals surface area (Å²) in [5.41, 5.74) is 5.90. The summed E-state index contributed by atoms with van der Waals surface area (Å²) in [5, 5.41) is 2.88. The number of amides is 3. The number of nitrogens with one attached hydrogen (secondary N) is 1. The molecular formula is C18H22FN3O3. The Morgan fingerprint density at radius 1 is 1.24 bits per heavy atom. The maximum absolute atomic E-state index is 13.5. The number of primary amides is 1. The van der Waals surface area contributed by atoms with Crippen LogP contribution in [0.15, 0.2) is 36.4 Å². The predicted octanol–water partition coefficient (Wildman–Crippen LogP) is 1.56. The predicted molar refractivity (Wildman–Crippen MR) is 89.9 cm³/mol. The van der Waals surface area contributed by atoms with Crippen LogP contribution in [0, 0.1) is 11.7 Å². The number of nitrogens with two attached hydrogens (primary N) is 1. The van der Waals surface area contributed by atoms with Crippen molar-refractivity contribution in [1.29, 1.82) is 0 Å². The summed E-state index contributed by atoms with van der Waals surface area (Å²) in [5.74, 6) is -1.06. The highest BCUT2D eigenvalue weighted by Crippen LogP contribution is 2.21. The third-order valence-corrected chi connectivity index (χ3v) is 4.67. The van der Waals surface area contributed by atoms with Crippen molar-refractivity contribution in [3.63, 3.8) is 0 Å². The molecular weight excluding hydrogens is 325 g/mol. The lowest BCUT2D eigenvalue weighted by Crippen LogP contribution is -2.60. The number of urea groups is 1. The fraction of sp³-hybridized carbons (Fsp3) is 0.444. The normalized spacial score (nSPS) is 23.2. The third kappa shape index (κ3) is 4.17. The molecule has 0 unspecified atom stereocenters. The SMILES string of the molecule is NC(=O)[C@@H]1CC=CC[C@H]1NC(=O)N1CC(OCc2ccccc2F)C1. The number of benzene rings is 1. The number of ether oxygens (including phenoxy) is 1. The Bertz CT molecular complexity index is 673. The van der Waals surface area contributed by atoms with Gasteiger partial charge in [-0.25, -0.2) is 9.18 Å². The van der Waals surface area contributed by atoms with Gasteiger partial charge >= 0.3 is 6.03 Å². The molecule has 1 aromatic carbocycles. The highest BCUT2D eigenvalue weighted by atomic mass is 19.1. The van der Waals surface area contributed by atoms with Crippen LogP contribution in [0.2, 0.25) is 0 Å². The Labute approximate surface area is 145 Å². The molecule has 1 aromatic rings. The minimum Gasteiger partial charge on any atom is -0.370 e. The number of halogens is 1. The summed E-state index contributed by atoms with van der Waals surface area (Å²) in [7, 11) is 0. The number of likely N-dealkylation sites (tertiary alicyclic amines) is 1. The smallest absolute Gasteiger partial charge is 0.317 e. The highest BCUT2D eigenvalue weighted by Gasteiger charge is 2.35. The number of rotatable bonds is 5. The molecule has 0 bridgehead atoms. The quantitative estimate of drug-likeness (QED) is 0.793. The lowest BCUT2D eigenvalue weighted by molar-refractivity contribution is -0.122. The minimum atomic E-state index is -0.399. The molecule has 1 aliphatic carbocycles. The first-order valence-electron chi connectivity index (χ1n) is 8.39. The van der Waals surface area contributed by atoms with Crippen LogP contribution in [-0.2, 0) is 16.1 Å². The first kappa shape index (κ1) is 17.4. The van der Waals surface area contributed by atoms with Crippen molar-refractivity contribution in [2.45, 2.75) is 31.6 Å². The van der Waals surface area contributed by atoms with Crippen LogP contribution in [0.25, 0.3) is 0 Å². The second-order valence-electron chi connectivity index (χ2n) is 6.44. The van der Waals surface area contributed by atoms with Crippen LogP contribution in [0.5, 0.6) is 0 Å². The van der Waals surface area contributed by atoms with Gasteiger partial charge in [0.05, 0.1) is 31.7 Å². The molecule has 25 heavy (non-hydrogen) atoms. The molecule has 2 atom stereocenters. The highest BCUT2D eigenvalue weighted by molar-refractivity contribution is 5.80. The van der Waals surface area contributed by atoms with E-state index in [0.717, 1.165) is 0 Å². The monoisotopic (exact) mass is 347 g/mol. The molecule has 134 valence electrons. The number of nitrogens with zero attached hydrogens (tertiary/aromatic N) is 1. The molecule has 0 spiro atoms. The second-order valence-corrected chi connectivity index (χ2v) is 6.44. The van der Waals surface area contributed by atoms with E-state index in [-0.39, 0.29) is 36.5 Å². The van der Waals surface area contributed by atoms with Crippen molar-refractivity contribution in [3.8, 4) is 0 Å². The van der Waals surface area contributed by atoms with Gasteiger partial charge in [0.25, 0.3) is 0 Å². The van der Waals surface area contributed by atoms with Gasteiger partial charge in [-0.15, -0.1) is 0 Å². The van der Waals surface area contributed by atoms with Crippen LogP contribution in [0.4, 0.5) is 9.18 Å². The summed E-state index contributed by atoms with van der Waals surface area (Å²) in [6.45, 7) is 1.08. The zero-order chi connectivity index (χ0) is 17.8. The fourth-order valence-corrected chi connectivity index (χ4v) is 3.07. The summed E-state index contributed by atoms with van der Waals surface area (Å²) in [4.78, 5) is 25.3. The Balaban J connectivity index is 1.43. The lowest BCUT2D eigenvalue weighted by Gasteiger charge is -2.40. The van der Waals surface area contributed by atoms with Crippen molar-refractivity contribution in [2.75, 3.05) is 13.1 Å². The third-order valence-electron chi connectivity index (χ3n) is 4.67. The summed E-state index contributed by atoms with van der Waals surface area (Å²) in [6, 6.07) is 5.97. The van der Waals surface area contributed by atoms with Gasteiger partial charge in [-0.1, -0.05) is 30.4 Å². The van der Waals surface area contributed by atoms with E-state index in [0.29, 0.717) is 31.5 Å². The Morgan fingerprint density at radius 3 is 2.68 bits per heavy atom. The Morgan fingerprint density at radius 2 is 1.96 bits per heavy atom. The molecule has 0 radical (unpaired) electrons. The maximum Gasteiger partial charge on any atom is 0.317 e. The molecule has 6 nitrogen and oxygen atoms in total. The van der Waals surface area contributed by atoms with E-state index in [1.54, 1.807) is 23.1 Å². The summed E-state index contributed by atoms with van der Waals surface area (Å²) in [6.07, 6.45) is 4.90. The van der Waals surface area contributed by atoms with Crippen LogP contribution in [0.1, 0.15) is 18.4 Å². The molecule has 1 saturated heterocycles. The van der Waals surface area contributed by atoms with Crippen molar-refractivity contribution in [3.05, 3.63) is 47.8 Å². The number of hydrogen-bond acceptors (Lipinski definition) is 3. The number of allylic oxidation sites excluding steroid dienone is 1. The van der Waals surface area contributed by atoms with Gasteiger partial charge in [0.2, 0.25) is 5.91 Å². The Hall–Kier alpha value is -2.41. The van der Waals surface area contributed by atoms with Gasteiger partial charge in [0, 0.05) is 11.6 Å². The molecule has 2 aliphatic rings. The fourth-order valence-electron chi connectivity index (χ4n) is 3.07. The van der Waals surface area contributed by atoms with E-state index in [2.05, 4.69) is 5.32 Å². The second kappa shape index (κ2) is 7.65. The average molecular weight is 347 g/mol. The molecule has 1 fully saturated rings. The van der Waals surface area contributed by atoms with Gasteiger partial charge in [0.1, 0.15) is 5.82 Å². The van der Waals surface area contributed by atoms with Gasteiger partial charge in [-0.3, -0.25) is 4.79 Å².